The van der Waals surface area contributed by atoms with E-state index in [1.807, 2.05) is 10.9 Å². The van der Waals surface area contributed by atoms with Gasteiger partial charge in [-0.2, -0.15) is 5.10 Å². The Kier molecular flexibility index (Phi) is 3.65. The highest BCUT2D eigenvalue weighted by Crippen LogP contribution is 2.18. The van der Waals surface area contributed by atoms with Gasteiger partial charge in [-0.25, -0.2) is 0 Å². The standard InChI is InChI=1S/C16H23N3/c1-12-6-7-15(13(2)8-12)17-9-14-10-18-19(11-14)16(3,4)5/h6-8,10-11,17H,9H2,1-5H3. The molecule has 19 heavy (non-hydrogen) atoms. The zero-order valence-electron chi connectivity index (χ0n) is 12.5. The third-order valence-corrected chi connectivity index (χ3v) is 3.19. The number of hydrogen-bond donors (Lipinski definition) is 1. The second-order valence-electron chi connectivity index (χ2n) is 6.14. The van der Waals surface area contributed by atoms with Gasteiger partial charge in [0.1, 0.15) is 0 Å². The van der Waals surface area contributed by atoms with Crippen molar-refractivity contribution in [1.29, 1.82) is 0 Å². The second kappa shape index (κ2) is 5.08. The van der Waals surface area contributed by atoms with Crippen LogP contribution in [0.4, 0.5) is 5.69 Å². The lowest BCUT2D eigenvalue weighted by molar-refractivity contribution is 0.355. The van der Waals surface area contributed by atoms with Crippen molar-refractivity contribution in [1.82, 2.24) is 9.78 Å². The minimum Gasteiger partial charge on any atom is -0.381 e. The van der Waals surface area contributed by atoms with Crippen molar-refractivity contribution >= 4 is 5.69 Å². The first-order valence-electron chi connectivity index (χ1n) is 6.71. The van der Waals surface area contributed by atoms with Gasteiger partial charge in [0.05, 0.1) is 11.7 Å². The highest BCUT2D eigenvalue weighted by Gasteiger charge is 2.13. The van der Waals surface area contributed by atoms with Gasteiger partial charge < -0.3 is 5.32 Å². The maximum Gasteiger partial charge on any atom is 0.0543 e. The van der Waals surface area contributed by atoms with E-state index in [4.69, 9.17) is 0 Å². The SMILES string of the molecule is Cc1ccc(NCc2cnn(C(C)(C)C)c2)c(C)c1. The zero-order chi connectivity index (χ0) is 14.0. The second-order valence-corrected chi connectivity index (χ2v) is 6.14. The Morgan fingerprint density at radius 3 is 2.53 bits per heavy atom. The predicted molar refractivity (Wildman–Crippen MR) is 80.5 cm³/mol. The average Bonchev–Trinajstić information content (AvgIpc) is 2.76. The van der Waals surface area contributed by atoms with Crippen LogP contribution >= 0.6 is 0 Å². The summed E-state index contributed by atoms with van der Waals surface area (Å²) in [5.41, 5.74) is 5.01. The predicted octanol–water partition coefficient (Wildman–Crippen LogP) is 3.87. The molecule has 1 aromatic heterocycles. The first-order valence-corrected chi connectivity index (χ1v) is 6.71. The number of aromatic nitrogens is 2. The van der Waals surface area contributed by atoms with E-state index in [1.54, 1.807) is 0 Å². The van der Waals surface area contributed by atoms with E-state index >= 15 is 0 Å². The fourth-order valence-corrected chi connectivity index (χ4v) is 2.03. The van der Waals surface area contributed by atoms with Crippen molar-refractivity contribution in [2.45, 2.75) is 46.7 Å². The van der Waals surface area contributed by atoms with Crippen molar-refractivity contribution in [2.75, 3.05) is 5.32 Å². The lowest BCUT2D eigenvalue weighted by Crippen LogP contribution is -2.21. The van der Waals surface area contributed by atoms with E-state index in [1.165, 1.54) is 22.4 Å². The molecule has 0 aliphatic carbocycles. The summed E-state index contributed by atoms with van der Waals surface area (Å²) >= 11 is 0. The Hall–Kier alpha value is -1.77. The molecular formula is C16H23N3. The topological polar surface area (TPSA) is 29.9 Å². The molecule has 0 saturated carbocycles. The van der Waals surface area contributed by atoms with E-state index < -0.39 is 0 Å². The fraction of sp³-hybridized carbons (Fsp3) is 0.438. The lowest BCUT2D eigenvalue weighted by Gasteiger charge is -2.18. The molecular weight excluding hydrogens is 234 g/mol. The summed E-state index contributed by atoms with van der Waals surface area (Å²) in [7, 11) is 0. The van der Waals surface area contributed by atoms with Crippen LogP contribution < -0.4 is 5.32 Å². The van der Waals surface area contributed by atoms with Gasteiger partial charge in [0.25, 0.3) is 0 Å². The minimum absolute atomic E-state index is 0.0397. The van der Waals surface area contributed by atoms with Crippen molar-refractivity contribution in [3.63, 3.8) is 0 Å². The molecule has 3 heteroatoms. The molecule has 1 N–H and O–H groups in total. The largest absolute Gasteiger partial charge is 0.381 e. The van der Waals surface area contributed by atoms with Gasteiger partial charge in [-0.15, -0.1) is 0 Å². The molecule has 0 amide bonds. The highest BCUT2D eigenvalue weighted by atomic mass is 15.3. The Labute approximate surface area is 115 Å². The van der Waals surface area contributed by atoms with Crippen LogP contribution in [0.15, 0.2) is 30.6 Å². The van der Waals surface area contributed by atoms with Crippen molar-refractivity contribution < 1.29 is 0 Å². The molecule has 0 bridgehead atoms. The van der Waals surface area contributed by atoms with Gasteiger partial charge in [-0.3, -0.25) is 4.68 Å². The molecule has 0 saturated heterocycles. The lowest BCUT2D eigenvalue weighted by atomic mass is 10.1. The van der Waals surface area contributed by atoms with Crippen LogP contribution in [0.3, 0.4) is 0 Å². The molecule has 3 nitrogen and oxygen atoms in total. The van der Waals surface area contributed by atoms with E-state index in [0.717, 1.165) is 6.54 Å². The summed E-state index contributed by atoms with van der Waals surface area (Å²) in [5, 5.41) is 7.88. The molecule has 2 aromatic rings. The first-order chi connectivity index (χ1) is 8.86. The van der Waals surface area contributed by atoms with Crippen molar-refractivity contribution in [3.05, 3.63) is 47.3 Å². The third kappa shape index (κ3) is 3.37. The molecule has 0 aliphatic heterocycles. The smallest absolute Gasteiger partial charge is 0.0543 e. The number of aryl methyl sites for hydroxylation is 2. The summed E-state index contributed by atoms with van der Waals surface area (Å²) in [5.74, 6) is 0. The molecule has 0 aliphatic rings. The van der Waals surface area contributed by atoms with E-state index in [9.17, 15) is 0 Å². The van der Waals surface area contributed by atoms with Crippen LogP contribution in [0.5, 0.6) is 0 Å². The maximum atomic E-state index is 4.41. The number of benzene rings is 1. The monoisotopic (exact) mass is 257 g/mol. The van der Waals surface area contributed by atoms with Gasteiger partial charge in [0, 0.05) is 24.0 Å². The number of nitrogens with zero attached hydrogens (tertiary/aromatic N) is 2. The Bertz CT molecular complexity index is 562. The summed E-state index contributed by atoms with van der Waals surface area (Å²) < 4.78 is 2.01. The molecule has 102 valence electrons. The fourth-order valence-electron chi connectivity index (χ4n) is 2.03. The summed E-state index contributed by atoms with van der Waals surface area (Å²) in [6.45, 7) is 11.5. The number of hydrogen-bond acceptors (Lipinski definition) is 2. The highest BCUT2D eigenvalue weighted by molar-refractivity contribution is 5.52. The Morgan fingerprint density at radius 1 is 1.21 bits per heavy atom. The third-order valence-electron chi connectivity index (χ3n) is 3.19. The number of anilines is 1. The Morgan fingerprint density at radius 2 is 1.95 bits per heavy atom. The van der Waals surface area contributed by atoms with Gasteiger partial charge in [-0.05, 0) is 46.2 Å². The van der Waals surface area contributed by atoms with E-state index in [-0.39, 0.29) is 5.54 Å². The number of rotatable bonds is 3. The summed E-state index contributed by atoms with van der Waals surface area (Å²) in [6.07, 6.45) is 4.04. The van der Waals surface area contributed by atoms with Crippen LogP contribution in [0.1, 0.15) is 37.5 Å². The van der Waals surface area contributed by atoms with Gasteiger partial charge >= 0.3 is 0 Å². The quantitative estimate of drug-likeness (QED) is 0.904. The van der Waals surface area contributed by atoms with Crippen LogP contribution in [0, 0.1) is 13.8 Å². The molecule has 2 rings (SSSR count). The average molecular weight is 257 g/mol. The van der Waals surface area contributed by atoms with Crippen LogP contribution in [-0.4, -0.2) is 9.78 Å². The van der Waals surface area contributed by atoms with Crippen molar-refractivity contribution in [2.24, 2.45) is 0 Å². The molecule has 1 aromatic carbocycles. The maximum absolute atomic E-state index is 4.41. The summed E-state index contributed by atoms with van der Waals surface area (Å²) in [4.78, 5) is 0. The zero-order valence-corrected chi connectivity index (χ0v) is 12.5. The minimum atomic E-state index is 0.0397. The van der Waals surface area contributed by atoms with Gasteiger partial charge in [0.15, 0.2) is 0 Å². The van der Waals surface area contributed by atoms with E-state index in [2.05, 4.69) is 69.4 Å². The van der Waals surface area contributed by atoms with E-state index in [0.29, 0.717) is 0 Å². The van der Waals surface area contributed by atoms with Crippen LogP contribution in [0.25, 0.3) is 0 Å². The molecule has 0 spiro atoms. The van der Waals surface area contributed by atoms with Crippen molar-refractivity contribution in [3.8, 4) is 0 Å². The van der Waals surface area contributed by atoms with Gasteiger partial charge in [0.2, 0.25) is 0 Å². The van der Waals surface area contributed by atoms with Crippen LogP contribution in [0.2, 0.25) is 0 Å². The molecule has 0 radical (unpaired) electrons. The van der Waals surface area contributed by atoms with Gasteiger partial charge in [-0.1, -0.05) is 17.7 Å². The number of nitrogens with one attached hydrogen (secondary N) is 1. The normalized spacial score (nSPS) is 11.6. The Balaban J connectivity index is 2.04. The molecule has 0 unspecified atom stereocenters. The van der Waals surface area contributed by atoms with Crippen LogP contribution in [-0.2, 0) is 12.1 Å². The summed E-state index contributed by atoms with van der Waals surface area (Å²) in [6, 6.07) is 6.47. The molecule has 1 heterocycles. The molecule has 0 atom stereocenters. The first kappa shape index (κ1) is 13.7. The molecule has 0 fully saturated rings.